The molecule has 0 aromatic heterocycles. The van der Waals surface area contributed by atoms with Gasteiger partial charge >= 0.3 is 0 Å². The Kier molecular flexibility index (Phi) is 6.24. The Balaban J connectivity index is 2.64. The van der Waals surface area contributed by atoms with Crippen LogP contribution in [0.3, 0.4) is 0 Å². The van der Waals surface area contributed by atoms with E-state index in [0.717, 1.165) is 15.7 Å². The molecule has 0 spiro atoms. The minimum absolute atomic E-state index is 0.0532. The van der Waals surface area contributed by atoms with Crippen LogP contribution in [0, 0.1) is 5.92 Å². The van der Waals surface area contributed by atoms with Gasteiger partial charge in [0.05, 0.1) is 6.54 Å². The van der Waals surface area contributed by atoms with Gasteiger partial charge in [0.25, 0.3) is 0 Å². The Morgan fingerprint density at radius 3 is 2.74 bits per heavy atom. The summed E-state index contributed by atoms with van der Waals surface area (Å²) in [7, 11) is 0. The number of carbonyl (C=O) groups is 1. The molecule has 0 aliphatic carbocycles. The molecule has 0 saturated heterocycles. The van der Waals surface area contributed by atoms with Crippen LogP contribution in [0.2, 0.25) is 0 Å². The number of carbonyl (C=O) groups excluding carboxylic acids is 1. The van der Waals surface area contributed by atoms with E-state index >= 15 is 0 Å². The highest BCUT2D eigenvalue weighted by Gasteiger charge is 2.08. The third kappa shape index (κ3) is 5.57. The van der Waals surface area contributed by atoms with Crippen LogP contribution in [-0.2, 0) is 4.79 Å². The predicted octanol–water partition coefficient (Wildman–Crippen LogP) is 2.27. The summed E-state index contributed by atoms with van der Waals surface area (Å²) in [5.41, 5.74) is 7.13. The number of amides is 1. The molecule has 0 aliphatic heterocycles. The molecule has 4 nitrogen and oxygen atoms in total. The summed E-state index contributed by atoms with van der Waals surface area (Å²) >= 11 is 8.36. The van der Waals surface area contributed by atoms with Gasteiger partial charge < -0.3 is 16.4 Å². The minimum atomic E-state index is -0.0532. The standard InChI is InChI=1S/C13H18BrN3OS/c1-8(2)6-17-12(18)7-16-11-5-9(14)3-4-10(11)13(15)19/h3-5,8,16H,6-7H2,1-2H3,(H2,15,19)(H,17,18). The van der Waals surface area contributed by atoms with Crippen LogP contribution in [0.5, 0.6) is 0 Å². The van der Waals surface area contributed by atoms with Crippen LogP contribution in [0.25, 0.3) is 0 Å². The molecule has 1 aromatic carbocycles. The first kappa shape index (κ1) is 15.9. The van der Waals surface area contributed by atoms with Crippen LogP contribution in [0.4, 0.5) is 5.69 Å². The van der Waals surface area contributed by atoms with E-state index in [4.69, 9.17) is 18.0 Å². The quantitative estimate of drug-likeness (QED) is 0.693. The molecule has 0 fully saturated rings. The van der Waals surface area contributed by atoms with Crippen LogP contribution in [0.1, 0.15) is 19.4 Å². The zero-order valence-corrected chi connectivity index (χ0v) is 13.4. The van der Waals surface area contributed by atoms with Crippen molar-refractivity contribution >= 4 is 44.7 Å². The normalized spacial score (nSPS) is 10.3. The molecular formula is C13H18BrN3OS. The first-order valence-electron chi connectivity index (χ1n) is 6.00. The Morgan fingerprint density at radius 2 is 2.16 bits per heavy atom. The third-order valence-corrected chi connectivity index (χ3v) is 3.11. The van der Waals surface area contributed by atoms with Gasteiger partial charge in [0.15, 0.2) is 0 Å². The molecule has 1 aromatic rings. The summed E-state index contributed by atoms with van der Waals surface area (Å²) in [6, 6.07) is 5.53. The van der Waals surface area contributed by atoms with Crippen LogP contribution >= 0.6 is 28.1 Å². The van der Waals surface area contributed by atoms with Crippen LogP contribution < -0.4 is 16.4 Å². The summed E-state index contributed by atoms with van der Waals surface area (Å²) in [4.78, 5) is 11.9. The maximum absolute atomic E-state index is 11.6. The van der Waals surface area contributed by atoms with Crippen molar-refractivity contribution in [3.05, 3.63) is 28.2 Å². The van der Waals surface area contributed by atoms with Gasteiger partial charge in [0.2, 0.25) is 5.91 Å². The van der Waals surface area contributed by atoms with E-state index in [2.05, 4.69) is 26.6 Å². The highest BCUT2D eigenvalue weighted by Crippen LogP contribution is 2.21. The monoisotopic (exact) mass is 343 g/mol. The molecular weight excluding hydrogens is 326 g/mol. The van der Waals surface area contributed by atoms with Gasteiger partial charge in [0, 0.05) is 22.3 Å². The lowest BCUT2D eigenvalue weighted by molar-refractivity contribution is -0.119. The molecule has 1 rings (SSSR count). The second-order valence-electron chi connectivity index (χ2n) is 4.61. The third-order valence-electron chi connectivity index (χ3n) is 2.39. The van der Waals surface area contributed by atoms with Crippen molar-refractivity contribution in [2.45, 2.75) is 13.8 Å². The zero-order chi connectivity index (χ0) is 14.4. The summed E-state index contributed by atoms with van der Waals surface area (Å²) < 4.78 is 0.901. The molecule has 1 amide bonds. The average molecular weight is 344 g/mol. The van der Waals surface area contributed by atoms with Crippen LogP contribution in [0.15, 0.2) is 22.7 Å². The Morgan fingerprint density at radius 1 is 1.47 bits per heavy atom. The first-order valence-corrected chi connectivity index (χ1v) is 7.20. The van der Waals surface area contributed by atoms with Crippen molar-refractivity contribution in [2.75, 3.05) is 18.4 Å². The molecule has 4 N–H and O–H groups in total. The largest absolute Gasteiger partial charge is 0.389 e. The summed E-state index contributed by atoms with van der Waals surface area (Å²) in [6.45, 7) is 4.96. The number of anilines is 1. The molecule has 0 heterocycles. The maximum Gasteiger partial charge on any atom is 0.239 e. The smallest absolute Gasteiger partial charge is 0.239 e. The Labute approximate surface area is 127 Å². The predicted molar refractivity (Wildman–Crippen MR) is 86.4 cm³/mol. The van der Waals surface area contributed by atoms with Crippen molar-refractivity contribution in [3.8, 4) is 0 Å². The van der Waals surface area contributed by atoms with Gasteiger partial charge in [-0.2, -0.15) is 0 Å². The van der Waals surface area contributed by atoms with E-state index in [1.165, 1.54) is 0 Å². The number of nitrogens with one attached hydrogen (secondary N) is 2. The van der Waals surface area contributed by atoms with Gasteiger partial charge in [-0.05, 0) is 24.1 Å². The fourth-order valence-corrected chi connectivity index (χ4v) is 1.97. The van der Waals surface area contributed by atoms with E-state index in [1.54, 1.807) is 0 Å². The molecule has 0 aliphatic rings. The van der Waals surface area contributed by atoms with E-state index < -0.39 is 0 Å². The van der Waals surface area contributed by atoms with E-state index in [-0.39, 0.29) is 12.5 Å². The van der Waals surface area contributed by atoms with Crippen molar-refractivity contribution in [3.63, 3.8) is 0 Å². The minimum Gasteiger partial charge on any atom is -0.389 e. The number of benzene rings is 1. The van der Waals surface area contributed by atoms with Gasteiger partial charge in [-0.3, -0.25) is 4.79 Å². The SMILES string of the molecule is CC(C)CNC(=O)CNc1cc(Br)ccc1C(N)=S. The van der Waals surface area contributed by atoms with E-state index in [9.17, 15) is 4.79 Å². The number of hydrogen-bond donors (Lipinski definition) is 3. The second kappa shape index (κ2) is 7.45. The molecule has 19 heavy (non-hydrogen) atoms. The average Bonchev–Trinajstić information content (AvgIpc) is 2.33. The van der Waals surface area contributed by atoms with E-state index in [1.807, 2.05) is 32.0 Å². The van der Waals surface area contributed by atoms with Gasteiger partial charge in [-0.25, -0.2) is 0 Å². The fourth-order valence-electron chi connectivity index (χ4n) is 1.43. The maximum atomic E-state index is 11.6. The van der Waals surface area contributed by atoms with E-state index in [0.29, 0.717) is 17.5 Å². The van der Waals surface area contributed by atoms with Gasteiger partial charge in [-0.15, -0.1) is 0 Å². The summed E-state index contributed by atoms with van der Waals surface area (Å²) in [6.07, 6.45) is 0. The lowest BCUT2D eigenvalue weighted by atomic mass is 10.2. The highest BCUT2D eigenvalue weighted by atomic mass is 79.9. The topological polar surface area (TPSA) is 67.2 Å². The highest BCUT2D eigenvalue weighted by molar-refractivity contribution is 9.10. The number of hydrogen-bond acceptors (Lipinski definition) is 3. The lowest BCUT2D eigenvalue weighted by Gasteiger charge is -2.12. The number of rotatable bonds is 6. The van der Waals surface area contributed by atoms with Gasteiger partial charge in [-0.1, -0.05) is 42.0 Å². The fraction of sp³-hybridized carbons (Fsp3) is 0.385. The molecule has 0 radical (unpaired) electrons. The number of thiocarbonyl (C=S) groups is 1. The molecule has 6 heteroatoms. The van der Waals surface area contributed by atoms with Crippen molar-refractivity contribution < 1.29 is 4.79 Å². The van der Waals surface area contributed by atoms with Crippen LogP contribution in [-0.4, -0.2) is 24.0 Å². The number of halogens is 1. The summed E-state index contributed by atoms with van der Waals surface area (Å²) in [5, 5.41) is 5.89. The Hall–Kier alpha value is -1.14. The van der Waals surface area contributed by atoms with Gasteiger partial charge in [0.1, 0.15) is 4.99 Å². The molecule has 0 saturated carbocycles. The molecule has 0 atom stereocenters. The lowest BCUT2D eigenvalue weighted by Crippen LogP contribution is -2.32. The van der Waals surface area contributed by atoms with Crippen molar-refractivity contribution in [1.29, 1.82) is 0 Å². The molecule has 104 valence electrons. The first-order chi connectivity index (χ1) is 8.90. The zero-order valence-electron chi connectivity index (χ0n) is 11.0. The van der Waals surface area contributed by atoms with Crippen molar-refractivity contribution in [2.24, 2.45) is 11.7 Å². The Bertz CT molecular complexity index is 477. The number of nitrogens with two attached hydrogens (primary N) is 1. The molecule has 0 unspecified atom stereocenters. The molecule has 0 bridgehead atoms. The summed E-state index contributed by atoms with van der Waals surface area (Å²) in [5.74, 6) is 0.379. The second-order valence-corrected chi connectivity index (χ2v) is 5.96. The van der Waals surface area contributed by atoms with Crippen molar-refractivity contribution in [1.82, 2.24) is 5.32 Å².